The van der Waals surface area contributed by atoms with Crippen molar-refractivity contribution in [1.82, 2.24) is 19.7 Å². The number of amides is 2. The first-order valence-electron chi connectivity index (χ1n) is 11.4. The van der Waals surface area contributed by atoms with E-state index >= 15 is 0 Å². The average molecular weight is 429 g/mol. The molecule has 2 aromatic rings. The number of likely N-dealkylation sites (tertiary alicyclic amines) is 1. The number of nitrogens with two attached hydrogens (primary N) is 1. The molecule has 2 fully saturated rings. The van der Waals surface area contributed by atoms with Crippen LogP contribution >= 0.6 is 0 Å². The quantitative estimate of drug-likeness (QED) is 0.723. The molecule has 3 N–H and O–H groups in total. The fourth-order valence-electron chi connectivity index (χ4n) is 4.72. The summed E-state index contributed by atoms with van der Waals surface area (Å²) in [7, 11) is 0. The number of fused-ring (bicyclic) bond motifs is 1. The van der Waals surface area contributed by atoms with E-state index in [1.54, 1.807) is 15.8 Å². The largest absolute Gasteiger partial charge is 0.383 e. The Hall–Kier alpha value is -2.68. The van der Waals surface area contributed by atoms with Crippen molar-refractivity contribution in [2.75, 3.05) is 24.2 Å². The van der Waals surface area contributed by atoms with Gasteiger partial charge in [-0.25, -0.2) is 9.67 Å². The number of piperidine rings is 1. The second kappa shape index (κ2) is 9.21. The number of aromatic nitrogens is 3. The molecule has 1 unspecified atom stereocenters. The smallest absolute Gasteiger partial charge is 0.314 e. The van der Waals surface area contributed by atoms with Gasteiger partial charge in [-0.2, -0.15) is 5.10 Å². The fraction of sp³-hybridized carbons (Fsp3) is 0.636. The van der Waals surface area contributed by atoms with Crippen molar-refractivity contribution in [3.05, 3.63) is 12.4 Å². The third-order valence-corrected chi connectivity index (χ3v) is 6.64. The van der Waals surface area contributed by atoms with E-state index < -0.39 is 11.8 Å². The van der Waals surface area contributed by atoms with Crippen molar-refractivity contribution >= 4 is 34.2 Å². The molecule has 0 aliphatic carbocycles. The van der Waals surface area contributed by atoms with E-state index in [1.807, 2.05) is 0 Å². The van der Waals surface area contributed by atoms with Crippen LogP contribution < -0.4 is 11.1 Å². The molecule has 0 radical (unpaired) electrons. The predicted molar refractivity (Wildman–Crippen MR) is 118 cm³/mol. The number of hydrogen-bond acceptors (Lipinski definition) is 6. The van der Waals surface area contributed by atoms with E-state index in [0.29, 0.717) is 41.5 Å². The van der Waals surface area contributed by atoms with Crippen LogP contribution in [-0.2, 0) is 14.3 Å². The summed E-state index contributed by atoms with van der Waals surface area (Å²) in [4.78, 5) is 32.0. The number of carbonyl (C=O) groups excluding carboxylic acids is 2. The fourth-order valence-corrected chi connectivity index (χ4v) is 4.72. The third-order valence-electron chi connectivity index (χ3n) is 6.64. The highest BCUT2D eigenvalue weighted by molar-refractivity contribution is 6.40. The van der Waals surface area contributed by atoms with Gasteiger partial charge in [-0.05, 0) is 44.4 Å². The van der Waals surface area contributed by atoms with E-state index in [2.05, 4.69) is 29.2 Å². The van der Waals surface area contributed by atoms with Gasteiger partial charge in [-0.3, -0.25) is 9.59 Å². The van der Waals surface area contributed by atoms with Crippen molar-refractivity contribution < 1.29 is 14.3 Å². The zero-order valence-electron chi connectivity index (χ0n) is 18.3. The van der Waals surface area contributed by atoms with Crippen molar-refractivity contribution in [3.63, 3.8) is 0 Å². The normalized spacial score (nSPS) is 24.3. The number of anilines is 2. The minimum Gasteiger partial charge on any atom is -0.383 e. The Morgan fingerprint density at radius 3 is 2.74 bits per heavy atom. The highest BCUT2D eigenvalue weighted by atomic mass is 16.5. The Labute approximate surface area is 182 Å². The first-order chi connectivity index (χ1) is 15.0. The average Bonchev–Trinajstić information content (AvgIpc) is 3.27. The minimum atomic E-state index is -0.652. The van der Waals surface area contributed by atoms with Gasteiger partial charge < -0.3 is 20.7 Å². The van der Waals surface area contributed by atoms with Crippen LogP contribution in [0.25, 0.3) is 10.9 Å². The molecule has 31 heavy (non-hydrogen) atoms. The molecule has 0 aromatic carbocycles. The SMILES string of the molecule is CC[C@@H]1CC[C@H](CC)N(C(=O)C(=O)Nc2cnc(N)c3cnn(C4CCCCO4)c23)C1. The molecular formula is C22H32N6O3. The van der Waals surface area contributed by atoms with Crippen molar-refractivity contribution in [1.29, 1.82) is 0 Å². The lowest BCUT2D eigenvalue weighted by atomic mass is 9.89. The summed E-state index contributed by atoms with van der Waals surface area (Å²) in [5.41, 5.74) is 7.11. The molecule has 3 atom stereocenters. The second-order valence-corrected chi connectivity index (χ2v) is 8.56. The molecule has 168 valence electrons. The number of ether oxygens (including phenoxy) is 1. The lowest BCUT2D eigenvalue weighted by Crippen LogP contribution is -2.50. The van der Waals surface area contributed by atoms with Gasteiger partial charge in [0.25, 0.3) is 0 Å². The lowest BCUT2D eigenvalue weighted by molar-refractivity contribution is -0.146. The van der Waals surface area contributed by atoms with Gasteiger partial charge in [0.1, 0.15) is 11.3 Å². The lowest BCUT2D eigenvalue weighted by Gasteiger charge is -2.38. The number of nitrogens with one attached hydrogen (secondary N) is 1. The number of rotatable bonds is 4. The summed E-state index contributed by atoms with van der Waals surface area (Å²) in [6.45, 7) is 5.49. The van der Waals surface area contributed by atoms with E-state index in [4.69, 9.17) is 10.5 Å². The number of hydrogen-bond donors (Lipinski definition) is 2. The van der Waals surface area contributed by atoms with Gasteiger partial charge in [0.15, 0.2) is 6.23 Å². The van der Waals surface area contributed by atoms with E-state index in [1.165, 1.54) is 6.20 Å². The van der Waals surface area contributed by atoms with Crippen LogP contribution in [0.5, 0.6) is 0 Å². The molecule has 0 spiro atoms. The van der Waals surface area contributed by atoms with Crippen LogP contribution in [0.2, 0.25) is 0 Å². The Bertz CT molecular complexity index is 952. The zero-order chi connectivity index (χ0) is 22.0. The summed E-state index contributed by atoms with van der Waals surface area (Å²) >= 11 is 0. The van der Waals surface area contributed by atoms with Crippen molar-refractivity contribution in [2.45, 2.75) is 71.1 Å². The van der Waals surface area contributed by atoms with E-state index in [9.17, 15) is 9.59 Å². The standard InChI is InChI=1S/C22H32N6O3/c1-3-14-8-9-15(4-2)27(13-14)22(30)21(29)26-17-12-24-20(23)16-11-25-28(19(16)17)18-7-5-6-10-31-18/h11-12,14-15,18H,3-10,13H2,1-2H3,(H2,23,24)(H,26,29)/t14-,15+,18?/m1/s1. The van der Waals surface area contributed by atoms with E-state index in [0.717, 1.165) is 44.9 Å². The van der Waals surface area contributed by atoms with Crippen LogP contribution in [0.4, 0.5) is 11.5 Å². The minimum absolute atomic E-state index is 0.103. The second-order valence-electron chi connectivity index (χ2n) is 8.56. The Balaban J connectivity index is 1.60. The summed E-state index contributed by atoms with van der Waals surface area (Å²) < 4.78 is 7.62. The Morgan fingerprint density at radius 2 is 2.03 bits per heavy atom. The van der Waals surface area contributed by atoms with Crippen LogP contribution in [0.15, 0.2) is 12.4 Å². The first kappa shape index (κ1) is 21.5. The van der Waals surface area contributed by atoms with Gasteiger partial charge in [-0.15, -0.1) is 0 Å². The van der Waals surface area contributed by atoms with Gasteiger partial charge >= 0.3 is 11.8 Å². The van der Waals surface area contributed by atoms with Crippen LogP contribution in [-0.4, -0.2) is 50.7 Å². The highest BCUT2D eigenvalue weighted by Crippen LogP contribution is 2.32. The van der Waals surface area contributed by atoms with Crippen LogP contribution in [0, 0.1) is 5.92 Å². The number of pyridine rings is 1. The van der Waals surface area contributed by atoms with Crippen LogP contribution in [0.1, 0.15) is 65.0 Å². The maximum absolute atomic E-state index is 13.1. The predicted octanol–water partition coefficient (Wildman–Crippen LogP) is 3.08. The summed E-state index contributed by atoms with van der Waals surface area (Å²) in [5.74, 6) is -0.376. The molecule has 2 amide bonds. The van der Waals surface area contributed by atoms with Gasteiger partial charge in [0.05, 0.1) is 23.5 Å². The molecule has 9 heteroatoms. The molecule has 2 aromatic heterocycles. The molecule has 2 saturated heterocycles. The molecule has 0 saturated carbocycles. The molecule has 2 aliphatic rings. The van der Waals surface area contributed by atoms with E-state index in [-0.39, 0.29) is 12.3 Å². The third kappa shape index (κ3) is 4.23. The van der Waals surface area contributed by atoms with Crippen LogP contribution in [0.3, 0.4) is 0 Å². The van der Waals surface area contributed by atoms with Crippen molar-refractivity contribution in [3.8, 4) is 0 Å². The Kier molecular flexibility index (Phi) is 6.41. The highest BCUT2D eigenvalue weighted by Gasteiger charge is 2.33. The molecular weight excluding hydrogens is 396 g/mol. The van der Waals surface area contributed by atoms with Gasteiger partial charge in [0.2, 0.25) is 0 Å². The van der Waals surface area contributed by atoms with Gasteiger partial charge in [0, 0.05) is 19.2 Å². The maximum Gasteiger partial charge on any atom is 0.314 e. The number of nitrogen functional groups attached to an aromatic ring is 1. The molecule has 2 aliphatic heterocycles. The Morgan fingerprint density at radius 1 is 1.19 bits per heavy atom. The maximum atomic E-state index is 13.1. The zero-order valence-corrected chi connectivity index (χ0v) is 18.3. The monoisotopic (exact) mass is 428 g/mol. The summed E-state index contributed by atoms with van der Waals surface area (Å²) in [6.07, 6.45) is 9.68. The first-order valence-corrected chi connectivity index (χ1v) is 11.4. The summed E-state index contributed by atoms with van der Waals surface area (Å²) in [5, 5.41) is 7.88. The summed E-state index contributed by atoms with van der Waals surface area (Å²) in [6, 6.07) is 0.103. The molecule has 4 heterocycles. The number of carbonyl (C=O) groups is 2. The molecule has 9 nitrogen and oxygen atoms in total. The van der Waals surface area contributed by atoms with Gasteiger partial charge in [-0.1, -0.05) is 20.3 Å². The molecule has 4 rings (SSSR count). The topological polar surface area (TPSA) is 115 Å². The van der Waals surface area contributed by atoms with Crippen molar-refractivity contribution in [2.24, 2.45) is 5.92 Å². The molecule has 0 bridgehead atoms. The number of nitrogens with zero attached hydrogens (tertiary/aromatic N) is 4.